The van der Waals surface area contributed by atoms with Gasteiger partial charge in [-0.25, -0.2) is 4.39 Å². The number of nitrogens with zero attached hydrogens (tertiary/aromatic N) is 1. The van der Waals surface area contributed by atoms with Gasteiger partial charge >= 0.3 is 6.18 Å². The molecule has 2 N–H and O–H groups in total. The Morgan fingerprint density at radius 1 is 1.24 bits per heavy atom. The van der Waals surface area contributed by atoms with Gasteiger partial charge in [-0.3, -0.25) is 14.6 Å². The number of alkyl halides is 4. The number of pyridine rings is 1. The van der Waals surface area contributed by atoms with Crippen LogP contribution in [-0.4, -0.2) is 23.3 Å². The molecule has 0 spiro atoms. The number of halogens is 4. The summed E-state index contributed by atoms with van der Waals surface area (Å²) in [6.07, 6.45) is -2.96. The quantitative estimate of drug-likeness (QED) is 0.745. The van der Waals surface area contributed by atoms with Crippen molar-refractivity contribution in [3.8, 4) is 0 Å². The summed E-state index contributed by atoms with van der Waals surface area (Å²) in [5.74, 6) is -1.21. The Labute approximate surface area is 164 Å². The standard InChI is InChI=1S/C20H19F4N3O2/c21-10-12-3-5-13(6-4-12)17(18-15(20(22,23)24)2-1-9-25-18)27-19(29)14-7-8-16(28)26-11-14/h1-6,9,14,17H,7-8,10-11H2,(H,26,28)(H,27,29)/t14?,17-/m0/s1. The molecule has 1 aliphatic heterocycles. The van der Waals surface area contributed by atoms with Gasteiger partial charge in [0.25, 0.3) is 0 Å². The van der Waals surface area contributed by atoms with Crippen molar-refractivity contribution in [2.75, 3.05) is 6.54 Å². The summed E-state index contributed by atoms with van der Waals surface area (Å²) in [6, 6.07) is 6.74. The minimum Gasteiger partial charge on any atom is -0.355 e. The van der Waals surface area contributed by atoms with Gasteiger partial charge in [-0.15, -0.1) is 0 Å². The van der Waals surface area contributed by atoms with Crippen molar-refractivity contribution in [2.24, 2.45) is 5.92 Å². The number of hydrogen-bond donors (Lipinski definition) is 2. The highest BCUT2D eigenvalue weighted by Gasteiger charge is 2.37. The number of piperidine rings is 1. The molecule has 0 aliphatic carbocycles. The van der Waals surface area contributed by atoms with Crippen molar-refractivity contribution < 1.29 is 27.2 Å². The number of carbonyl (C=O) groups is 2. The molecular formula is C20H19F4N3O2. The summed E-state index contributed by atoms with van der Waals surface area (Å²) in [7, 11) is 0. The molecule has 1 aromatic carbocycles. The fraction of sp³-hybridized carbons (Fsp3) is 0.350. The van der Waals surface area contributed by atoms with E-state index in [2.05, 4.69) is 15.6 Å². The van der Waals surface area contributed by atoms with Crippen LogP contribution in [0.2, 0.25) is 0 Å². The SMILES string of the molecule is O=C1CCC(C(=O)N[C@@H](c2ccc(CF)cc2)c2ncccc2C(F)(F)F)CN1. The van der Waals surface area contributed by atoms with Gasteiger partial charge in [0.05, 0.1) is 23.2 Å². The van der Waals surface area contributed by atoms with Crippen LogP contribution >= 0.6 is 0 Å². The van der Waals surface area contributed by atoms with Gasteiger partial charge in [-0.05, 0) is 29.7 Å². The first-order chi connectivity index (χ1) is 13.8. The van der Waals surface area contributed by atoms with Gasteiger partial charge in [-0.1, -0.05) is 24.3 Å². The molecule has 2 amide bonds. The van der Waals surface area contributed by atoms with E-state index >= 15 is 0 Å². The smallest absolute Gasteiger partial charge is 0.355 e. The molecule has 1 saturated heterocycles. The molecule has 2 aromatic rings. The van der Waals surface area contributed by atoms with Gasteiger partial charge in [0.1, 0.15) is 6.67 Å². The molecule has 29 heavy (non-hydrogen) atoms. The van der Waals surface area contributed by atoms with E-state index in [1.54, 1.807) is 0 Å². The molecule has 9 heteroatoms. The maximum Gasteiger partial charge on any atom is 0.418 e. The lowest BCUT2D eigenvalue weighted by Gasteiger charge is -2.27. The molecule has 1 aromatic heterocycles. The molecule has 1 unspecified atom stereocenters. The number of rotatable bonds is 5. The second-order valence-corrected chi connectivity index (χ2v) is 6.79. The Balaban J connectivity index is 1.96. The van der Waals surface area contributed by atoms with Crippen LogP contribution < -0.4 is 10.6 Å². The van der Waals surface area contributed by atoms with E-state index < -0.39 is 36.3 Å². The third kappa shape index (κ3) is 4.90. The van der Waals surface area contributed by atoms with Gasteiger partial charge < -0.3 is 10.6 Å². The van der Waals surface area contributed by atoms with Gasteiger partial charge in [0.15, 0.2) is 0 Å². The Hall–Kier alpha value is -2.97. The van der Waals surface area contributed by atoms with E-state index in [4.69, 9.17) is 0 Å². The summed E-state index contributed by atoms with van der Waals surface area (Å²) in [4.78, 5) is 27.9. The van der Waals surface area contributed by atoms with Crippen molar-refractivity contribution in [2.45, 2.75) is 31.7 Å². The molecule has 0 saturated carbocycles. The van der Waals surface area contributed by atoms with Crippen molar-refractivity contribution in [3.63, 3.8) is 0 Å². The first-order valence-corrected chi connectivity index (χ1v) is 9.03. The monoisotopic (exact) mass is 409 g/mol. The summed E-state index contributed by atoms with van der Waals surface area (Å²) < 4.78 is 53.4. The fourth-order valence-electron chi connectivity index (χ4n) is 3.21. The van der Waals surface area contributed by atoms with Crippen LogP contribution in [0.4, 0.5) is 17.6 Å². The molecule has 1 aliphatic rings. The minimum atomic E-state index is -4.66. The maximum atomic E-state index is 13.5. The zero-order chi connectivity index (χ0) is 21.0. The summed E-state index contributed by atoms with van der Waals surface area (Å²) in [6.45, 7) is -0.594. The first kappa shape index (κ1) is 20.8. The van der Waals surface area contributed by atoms with Crippen LogP contribution in [0.25, 0.3) is 0 Å². The first-order valence-electron chi connectivity index (χ1n) is 9.03. The summed E-state index contributed by atoms with van der Waals surface area (Å²) in [5, 5.41) is 5.22. The largest absolute Gasteiger partial charge is 0.418 e. The molecule has 2 atom stereocenters. The van der Waals surface area contributed by atoms with E-state index in [0.717, 1.165) is 6.07 Å². The number of amides is 2. The molecule has 0 bridgehead atoms. The van der Waals surface area contributed by atoms with Crippen LogP contribution in [-0.2, 0) is 22.4 Å². The Morgan fingerprint density at radius 2 is 1.97 bits per heavy atom. The number of aromatic nitrogens is 1. The van der Waals surface area contributed by atoms with Crippen molar-refractivity contribution in [3.05, 3.63) is 65.0 Å². The topological polar surface area (TPSA) is 71.1 Å². The fourth-order valence-corrected chi connectivity index (χ4v) is 3.21. The van der Waals surface area contributed by atoms with Gasteiger partial charge in [-0.2, -0.15) is 13.2 Å². The van der Waals surface area contributed by atoms with Crippen molar-refractivity contribution in [1.82, 2.24) is 15.6 Å². The zero-order valence-corrected chi connectivity index (χ0v) is 15.3. The number of benzene rings is 1. The van der Waals surface area contributed by atoms with Crippen molar-refractivity contribution >= 4 is 11.8 Å². The normalized spacial score (nSPS) is 18.1. The highest BCUT2D eigenvalue weighted by Crippen LogP contribution is 2.35. The third-order valence-electron chi connectivity index (χ3n) is 4.81. The molecule has 3 rings (SSSR count). The van der Waals surface area contributed by atoms with Crippen LogP contribution in [0, 0.1) is 5.92 Å². The molecule has 0 radical (unpaired) electrons. The zero-order valence-electron chi connectivity index (χ0n) is 15.3. The number of hydrogen-bond acceptors (Lipinski definition) is 3. The van der Waals surface area contributed by atoms with Gasteiger partial charge in [0.2, 0.25) is 11.8 Å². The highest BCUT2D eigenvalue weighted by atomic mass is 19.4. The van der Waals surface area contributed by atoms with Gasteiger partial charge in [0, 0.05) is 19.2 Å². The van der Waals surface area contributed by atoms with Crippen LogP contribution in [0.1, 0.15) is 41.3 Å². The lowest BCUT2D eigenvalue weighted by atomic mass is 9.94. The summed E-state index contributed by atoms with van der Waals surface area (Å²) in [5.41, 5.74) is -0.594. The second kappa shape index (κ2) is 8.59. The predicted octanol–water partition coefficient (Wildman–Crippen LogP) is 3.30. The van der Waals surface area contributed by atoms with Crippen LogP contribution in [0.15, 0.2) is 42.6 Å². The Morgan fingerprint density at radius 3 is 2.55 bits per heavy atom. The van der Waals surface area contributed by atoms with E-state index in [1.807, 2.05) is 0 Å². The Kier molecular flexibility index (Phi) is 6.14. The number of carbonyl (C=O) groups excluding carboxylic acids is 2. The van der Waals surface area contributed by atoms with Crippen LogP contribution in [0.3, 0.4) is 0 Å². The van der Waals surface area contributed by atoms with Crippen molar-refractivity contribution in [1.29, 1.82) is 0 Å². The lowest BCUT2D eigenvalue weighted by molar-refractivity contribution is -0.139. The van der Waals surface area contributed by atoms with E-state index in [9.17, 15) is 27.2 Å². The lowest BCUT2D eigenvalue weighted by Crippen LogP contribution is -2.44. The predicted molar refractivity (Wildman–Crippen MR) is 96.2 cm³/mol. The number of nitrogens with one attached hydrogen (secondary N) is 2. The third-order valence-corrected chi connectivity index (χ3v) is 4.81. The van der Waals surface area contributed by atoms with E-state index in [1.165, 1.54) is 36.5 Å². The summed E-state index contributed by atoms with van der Waals surface area (Å²) >= 11 is 0. The second-order valence-electron chi connectivity index (χ2n) is 6.79. The average Bonchev–Trinajstić information content (AvgIpc) is 2.72. The molecular weight excluding hydrogens is 390 g/mol. The Bertz CT molecular complexity index is 874. The van der Waals surface area contributed by atoms with E-state index in [0.29, 0.717) is 17.5 Å². The van der Waals surface area contributed by atoms with E-state index in [-0.39, 0.29) is 24.6 Å². The molecule has 154 valence electrons. The maximum absolute atomic E-state index is 13.5. The average molecular weight is 409 g/mol. The minimum absolute atomic E-state index is 0.118. The van der Waals surface area contributed by atoms with Crippen LogP contribution in [0.5, 0.6) is 0 Å². The molecule has 1 fully saturated rings. The highest BCUT2D eigenvalue weighted by molar-refractivity contribution is 5.84. The molecule has 2 heterocycles. The molecule has 5 nitrogen and oxygen atoms in total.